The second-order valence-corrected chi connectivity index (χ2v) is 4.36. The summed E-state index contributed by atoms with van der Waals surface area (Å²) in [7, 11) is 0. The molecule has 0 unspecified atom stereocenters. The zero-order valence-corrected chi connectivity index (χ0v) is 10.6. The van der Waals surface area contributed by atoms with Gasteiger partial charge < -0.3 is 4.74 Å². The molecule has 0 N–H and O–H groups in total. The summed E-state index contributed by atoms with van der Waals surface area (Å²) in [6.07, 6.45) is -15.0. The molecule has 0 atom stereocenters. The maximum absolute atomic E-state index is 12.5. The minimum Gasteiger partial charge on any atom is -0.471 e. The van der Waals surface area contributed by atoms with E-state index in [1.165, 1.54) is 25.1 Å². The number of aryl methyl sites for hydroxylation is 1. The molecule has 2 nitrogen and oxygen atoms in total. The van der Waals surface area contributed by atoms with Gasteiger partial charge in [0.25, 0.3) is 6.10 Å². The molecule has 0 aliphatic carbocycles. The van der Waals surface area contributed by atoms with E-state index >= 15 is 0 Å². The topological polar surface area (TPSA) is 22.1 Å². The monoisotopic (exact) mass is 309 g/mol. The van der Waals surface area contributed by atoms with E-state index in [9.17, 15) is 26.3 Å². The fourth-order valence-electron chi connectivity index (χ4n) is 1.81. The van der Waals surface area contributed by atoms with Crippen LogP contribution in [0.4, 0.5) is 26.3 Å². The van der Waals surface area contributed by atoms with Crippen LogP contribution in [0, 0.1) is 6.92 Å². The Labute approximate surface area is 115 Å². The lowest BCUT2D eigenvalue weighted by molar-refractivity contribution is -0.299. The smallest absolute Gasteiger partial charge is 0.434 e. The Bertz CT molecular complexity index is 635. The van der Waals surface area contributed by atoms with Crippen LogP contribution in [0.3, 0.4) is 0 Å². The van der Waals surface area contributed by atoms with Crippen molar-refractivity contribution in [2.75, 3.05) is 0 Å². The number of alkyl halides is 6. The first kappa shape index (κ1) is 15.4. The lowest BCUT2D eigenvalue weighted by Crippen LogP contribution is -2.46. The van der Waals surface area contributed by atoms with E-state index in [1.54, 1.807) is 6.07 Å². The van der Waals surface area contributed by atoms with E-state index in [-0.39, 0.29) is 16.6 Å². The summed E-state index contributed by atoms with van der Waals surface area (Å²) in [6.45, 7) is 1.45. The highest BCUT2D eigenvalue weighted by Crippen LogP contribution is 2.38. The number of hydrogen-bond acceptors (Lipinski definition) is 2. The van der Waals surface area contributed by atoms with E-state index in [0.717, 1.165) is 6.07 Å². The number of pyridine rings is 1. The molecule has 0 bridgehead atoms. The van der Waals surface area contributed by atoms with Gasteiger partial charge in [0.15, 0.2) is 0 Å². The molecule has 21 heavy (non-hydrogen) atoms. The molecule has 1 aromatic carbocycles. The second-order valence-electron chi connectivity index (χ2n) is 4.36. The summed E-state index contributed by atoms with van der Waals surface area (Å²) in [5.41, 5.74) is 0.516. The minimum absolute atomic E-state index is 0.0848. The lowest BCUT2D eigenvalue weighted by atomic mass is 10.2. The van der Waals surface area contributed by atoms with Crippen LogP contribution < -0.4 is 4.74 Å². The maximum atomic E-state index is 12.5. The third kappa shape index (κ3) is 3.37. The van der Waals surface area contributed by atoms with Crippen molar-refractivity contribution in [3.8, 4) is 5.75 Å². The van der Waals surface area contributed by atoms with Crippen LogP contribution >= 0.6 is 0 Å². The Balaban J connectivity index is 2.51. The van der Waals surface area contributed by atoms with Crippen molar-refractivity contribution in [2.24, 2.45) is 0 Å². The number of fused-ring (bicyclic) bond motifs is 1. The van der Waals surface area contributed by atoms with Crippen molar-refractivity contribution >= 4 is 10.9 Å². The van der Waals surface area contributed by atoms with E-state index in [2.05, 4.69) is 9.72 Å². The van der Waals surface area contributed by atoms with Crippen LogP contribution in [0.1, 0.15) is 5.69 Å². The van der Waals surface area contributed by atoms with Crippen molar-refractivity contribution in [1.29, 1.82) is 0 Å². The molecule has 2 aromatic rings. The second kappa shape index (κ2) is 5.09. The van der Waals surface area contributed by atoms with Gasteiger partial charge in [0, 0.05) is 17.1 Å². The van der Waals surface area contributed by atoms with Crippen LogP contribution in [0.2, 0.25) is 0 Å². The average molecular weight is 309 g/mol. The molecule has 0 saturated carbocycles. The zero-order chi connectivity index (χ0) is 15.8. The van der Waals surface area contributed by atoms with Gasteiger partial charge in [-0.05, 0) is 19.1 Å². The summed E-state index contributed by atoms with van der Waals surface area (Å²) in [4.78, 5) is 4.03. The fraction of sp³-hybridized carbons (Fsp3) is 0.308. The third-order valence-corrected chi connectivity index (χ3v) is 2.65. The minimum atomic E-state index is -5.56. The van der Waals surface area contributed by atoms with Gasteiger partial charge in [-0.2, -0.15) is 26.3 Å². The number of ether oxygens (including phenoxy) is 1. The van der Waals surface area contributed by atoms with Crippen LogP contribution in [0.15, 0.2) is 30.3 Å². The highest BCUT2D eigenvalue weighted by molar-refractivity contribution is 5.85. The Kier molecular flexibility index (Phi) is 3.73. The quantitative estimate of drug-likeness (QED) is 0.766. The highest BCUT2D eigenvalue weighted by Gasteiger charge is 2.59. The Morgan fingerprint density at radius 2 is 1.57 bits per heavy atom. The highest BCUT2D eigenvalue weighted by atomic mass is 19.4. The Hall–Kier alpha value is -1.99. The average Bonchev–Trinajstić information content (AvgIpc) is 2.32. The summed E-state index contributed by atoms with van der Waals surface area (Å²) < 4.78 is 79.5. The number of aromatic nitrogens is 1. The molecule has 0 fully saturated rings. The SMILES string of the molecule is Cc1cc(OC(C(F)(F)F)C(F)(F)F)c2ccccc2n1. The van der Waals surface area contributed by atoms with Crippen molar-refractivity contribution in [3.05, 3.63) is 36.0 Å². The lowest BCUT2D eigenvalue weighted by Gasteiger charge is -2.24. The Morgan fingerprint density at radius 3 is 2.14 bits per heavy atom. The first-order valence-corrected chi connectivity index (χ1v) is 5.75. The number of benzene rings is 1. The third-order valence-electron chi connectivity index (χ3n) is 2.65. The molecule has 2 rings (SSSR count). The van der Waals surface area contributed by atoms with Gasteiger partial charge in [-0.3, -0.25) is 4.98 Å². The van der Waals surface area contributed by atoms with E-state index in [4.69, 9.17) is 0 Å². The van der Waals surface area contributed by atoms with Crippen molar-refractivity contribution in [3.63, 3.8) is 0 Å². The van der Waals surface area contributed by atoms with Gasteiger partial charge in [-0.1, -0.05) is 12.1 Å². The Morgan fingerprint density at radius 1 is 1.00 bits per heavy atom. The van der Waals surface area contributed by atoms with Gasteiger partial charge in [0.2, 0.25) is 0 Å². The molecular formula is C13H9F6NO. The van der Waals surface area contributed by atoms with Crippen molar-refractivity contribution in [2.45, 2.75) is 25.4 Å². The summed E-state index contributed by atoms with van der Waals surface area (Å²) in [5, 5.41) is 0.0848. The standard InChI is InChI=1S/C13H9F6NO/c1-7-6-10(8-4-2-3-5-9(8)20-7)21-11(12(14,15)16)13(17,18)19/h2-6,11H,1H3. The number of halogens is 6. The van der Waals surface area contributed by atoms with Crippen LogP contribution in [-0.4, -0.2) is 23.4 Å². The normalized spacial score (nSPS) is 13.0. The molecule has 0 saturated heterocycles. The van der Waals surface area contributed by atoms with Gasteiger partial charge in [-0.15, -0.1) is 0 Å². The number of hydrogen-bond donors (Lipinski definition) is 0. The van der Waals surface area contributed by atoms with Crippen LogP contribution in [0.25, 0.3) is 10.9 Å². The maximum Gasteiger partial charge on any atom is 0.434 e. The predicted octanol–water partition coefficient (Wildman–Crippen LogP) is 4.42. The van der Waals surface area contributed by atoms with Crippen molar-refractivity contribution in [1.82, 2.24) is 4.98 Å². The molecule has 1 aromatic heterocycles. The van der Waals surface area contributed by atoms with E-state index in [0.29, 0.717) is 0 Å². The van der Waals surface area contributed by atoms with Gasteiger partial charge in [0.1, 0.15) is 5.75 Å². The largest absolute Gasteiger partial charge is 0.471 e. The van der Waals surface area contributed by atoms with Crippen LogP contribution in [-0.2, 0) is 0 Å². The van der Waals surface area contributed by atoms with Gasteiger partial charge in [-0.25, -0.2) is 0 Å². The predicted molar refractivity (Wildman–Crippen MR) is 63.0 cm³/mol. The fourth-order valence-corrected chi connectivity index (χ4v) is 1.81. The molecule has 1 heterocycles. The summed E-state index contributed by atoms with van der Waals surface area (Å²) in [6, 6.07) is 6.92. The molecule has 0 aliphatic heterocycles. The molecule has 0 spiro atoms. The van der Waals surface area contributed by atoms with Gasteiger partial charge >= 0.3 is 12.4 Å². The van der Waals surface area contributed by atoms with E-state index < -0.39 is 24.2 Å². The zero-order valence-electron chi connectivity index (χ0n) is 10.6. The van der Waals surface area contributed by atoms with Crippen molar-refractivity contribution < 1.29 is 31.1 Å². The van der Waals surface area contributed by atoms with E-state index in [1.807, 2.05) is 0 Å². The molecule has 0 radical (unpaired) electrons. The summed E-state index contributed by atoms with van der Waals surface area (Å²) in [5.74, 6) is -0.502. The number of nitrogens with zero attached hydrogens (tertiary/aromatic N) is 1. The van der Waals surface area contributed by atoms with Crippen LogP contribution in [0.5, 0.6) is 5.75 Å². The van der Waals surface area contributed by atoms with Gasteiger partial charge in [0.05, 0.1) is 5.52 Å². The number of para-hydroxylation sites is 1. The molecule has 0 aliphatic rings. The first-order chi connectivity index (χ1) is 9.59. The first-order valence-electron chi connectivity index (χ1n) is 5.75. The number of rotatable bonds is 2. The molecular weight excluding hydrogens is 300 g/mol. The molecule has 8 heteroatoms. The summed E-state index contributed by atoms with van der Waals surface area (Å²) >= 11 is 0. The molecule has 0 amide bonds. The molecule has 114 valence electrons.